The molecule has 78 heavy (non-hydrogen) atoms. The van der Waals surface area contributed by atoms with Crippen LogP contribution in [0.3, 0.4) is 0 Å². The molecular formula is C72H124O6. The number of allylic oxidation sites excluding steroid dienone is 16. The molecule has 0 N–H and O–H groups in total. The zero-order chi connectivity index (χ0) is 56.4. The predicted octanol–water partition coefficient (Wildman–Crippen LogP) is 22.8. The molecule has 0 aromatic rings. The van der Waals surface area contributed by atoms with Gasteiger partial charge in [0, 0.05) is 19.3 Å². The molecule has 448 valence electrons. The zero-order valence-electron chi connectivity index (χ0n) is 51.4. The smallest absolute Gasteiger partial charge is 0.306 e. The largest absolute Gasteiger partial charge is 0.462 e. The number of rotatable bonds is 60. The average molecular weight is 1090 g/mol. The minimum atomic E-state index is -0.788. The van der Waals surface area contributed by atoms with Crippen molar-refractivity contribution in [1.29, 1.82) is 0 Å². The van der Waals surface area contributed by atoms with Gasteiger partial charge in [-0.05, 0) is 96.3 Å². The molecule has 0 bridgehead atoms. The Morgan fingerprint density at radius 1 is 0.269 bits per heavy atom. The van der Waals surface area contributed by atoms with Crippen molar-refractivity contribution in [2.75, 3.05) is 13.2 Å². The topological polar surface area (TPSA) is 78.9 Å². The van der Waals surface area contributed by atoms with Gasteiger partial charge in [0.15, 0.2) is 6.10 Å². The Hall–Kier alpha value is -3.67. The van der Waals surface area contributed by atoms with Crippen LogP contribution in [-0.4, -0.2) is 37.2 Å². The summed E-state index contributed by atoms with van der Waals surface area (Å²) in [6.07, 6.45) is 88.4. The van der Waals surface area contributed by atoms with E-state index in [-0.39, 0.29) is 31.1 Å². The third-order valence-corrected chi connectivity index (χ3v) is 14.3. The lowest BCUT2D eigenvalue weighted by atomic mass is 10.0. The molecule has 0 aliphatic carbocycles. The van der Waals surface area contributed by atoms with Crippen LogP contribution in [0, 0.1) is 0 Å². The summed E-state index contributed by atoms with van der Waals surface area (Å²) in [7, 11) is 0. The summed E-state index contributed by atoms with van der Waals surface area (Å²) < 4.78 is 17.0. The molecule has 0 aliphatic rings. The second kappa shape index (κ2) is 65.8. The van der Waals surface area contributed by atoms with E-state index >= 15 is 0 Å². The van der Waals surface area contributed by atoms with Crippen molar-refractivity contribution in [2.24, 2.45) is 0 Å². The van der Waals surface area contributed by atoms with Gasteiger partial charge in [-0.1, -0.05) is 304 Å². The standard InChI is InChI=1S/C72H124O6/c1-4-7-10-13-16-19-22-25-28-31-33-35-36-37-39-41-44-47-50-53-56-59-62-65-71(74)77-68-69(67-76-70(73)64-61-58-55-52-49-46-43-40-30-27-24-21-18-15-12-9-6-3)78-72(75)66-63-60-57-54-51-48-45-42-38-34-32-29-26-23-20-17-14-11-8-5-2/h7,9-10,12,16,18-19,21,25,27-28,30,33,35,37,39,69H,4-6,8,11,13-15,17,20,22-24,26,29,31-32,34,36,38,40-68H2,1-3H3/b10-7-,12-9-,19-16-,21-18-,28-25-,30-27-,35-33-,39-37-. The molecule has 6 heteroatoms. The summed E-state index contributed by atoms with van der Waals surface area (Å²) in [5, 5.41) is 0. The van der Waals surface area contributed by atoms with Crippen LogP contribution in [0.5, 0.6) is 0 Å². The molecule has 1 unspecified atom stereocenters. The summed E-state index contributed by atoms with van der Waals surface area (Å²) in [6, 6.07) is 0. The molecule has 0 aromatic heterocycles. The van der Waals surface area contributed by atoms with Crippen LogP contribution < -0.4 is 0 Å². The van der Waals surface area contributed by atoms with E-state index in [4.69, 9.17) is 14.2 Å². The van der Waals surface area contributed by atoms with Gasteiger partial charge in [0.1, 0.15) is 13.2 Å². The van der Waals surface area contributed by atoms with Gasteiger partial charge in [0.05, 0.1) is 0 Å². The maximum absolute atomic E-state index is 12.9. The lowest BCUT2D eigenvalue weighted by Crippen LogP contribution is -2.30. The van der Waals surface area contributed by atoms with E-state index in [0.717, 1.165) is 122 Å². The zero-order valence-corrected chi connectivity index (χ0v) is 51.4. The van der Waals surface area contributed by atoms with Gasteiger partial charge in [0.2, 0.25) is 0 Å². The summed E-state index contributed by atoms with van der Waals surface area (Å²) >= 11 is 0. The van der Waals surface area contributed by atoms with Crippen molar-refractivity contribution in [3.05, 3.63) is 97.2 Å². The molecule has 6 nitrogen and oxygen atoms in total. The van der Waals surface area contributed by atoms with Gasteiger partial charge >= 0.3 is 17.9 Å². The number of carbonyl (C=O) groups excluding carboxylic acids is 3. The Morgan fingerprint density at radius 2 is 0.500 bits per heavy atom. The van der Waals surface area contributed by atoms with Crippen molar-refractivity contribution in [3.8, 4) is 0 Å². The Balaban J connectivity index is 4.39. The third-order valence-electron chi connectivity index (χ3n) is 14.3. The summed E-state index contributed by atoms with van der Waals surface area (Å²) in [4.78, 5) is 38.4. The van der Waals surface area contributed by atoms with Gasteiger partial charge in [-0.25, -0.2) is 0 Å². The molecule has 0 rings (SSSR count). The van der Waals surface area contributed by atoms with E-state index in [2.05, 4.69) is 118 Å². The fourth-order valence-electron chi connectivity index (χ4n) is 9.43. The van der Waals surface area contributed by atoms with Gasteiger partial charge in [-0.2, -0.15) is 0 Å². The number of unbranched alkanes of at least 4 members (excludes halogenated alkanes) is 33. The lowest BCUT2D eigenvalue weighted by Gasteiger charge is -2.18. The van der Waals surface area contributed by atoms with Gasteiger partial charge in [-0.3, -0.25) is 14.4 Å². The Morgan fingerprint density at radius 3 is 0.782 bits per heavy atom. The first-order valence-electron chi connectivity index (χ1n) is 33.2. The van der Waals surface area contributed by atoms with Crippen LogP contribution >= 0.6 is 0 Å². The highest BCUT2D eigenvalue weighted by molar-refractivity contribution is 5.71. The highest BCUT2D eigenvalue weighted by Crippen LogP contribution is 2.17. The van der Waals surface area contributed by atoms with Crippen molar-refractivity contribution in [3.63, 3.8) is 0 Å². The molecule has 0 spiro atoms. The fourth-order valence-corrected chi connectivity index (χ4v) is 9.43. The minimum absolute atomic E-state index is 0.0841. The molecular weight excluding hydrogens is 961 g/mol. The maximum atomic E-state index is 12.9. The molecule has 0 saturated carbocycles. The van der Waals surface area contributed by atoms with Gasteiger partial charge < -0.3 is 14.2 Å². The lowest BCUT2D eigenvalue weighted by molar-refractivity contribution is -0.167. The molecule has 1 atom stereocenters. The van der Waals surface area contributed by atoms with Crippen LogP contribution in [-0.2, 0) is 28.6 Å². The average Bonchev–Trinajstić information content (AvgIpc) is 3.44. The SMILES string of the molecule is CC/C=C\C/C=C\C/C=C\C/C=C\C/C=C\CCCCCCCCCC(=O)OCC(COC(=O)CCCCCCCCC/C=C\C/C=C\C/C=C\CC)OC(=O)CCCCCCCCCCCCCCCCCCCCCC. The summed E-state index contributed by atoms with van der Waals surface area (Å²) in [6.45, 7) is 6.44. The number of carbonyl (C=O) groups is 3. The van der Waals surface area contributed by atoms with Crippen LogP contribution in [0.15, 0.2) is 97.2 Å². The number of hydrogen-bond donors (Lipinski definition) is 0. The van der Waals surface area contributed by atoms with Crippen molar-refractivity contribution in [2.45, 2.75) is 329 Å². The van der Waals surface area contributed by atoms with Crippen molar-refractivity contribution in [1.82, 2.24) is 0 Å². The monoisotopic (exact) mass is 1080 g/mol. The molecule has 0 aromatic carbocycles. The van der Waals surface area contributed by atoms with Gasteiger partial charge in [-0.15, -0.1) is 0 Å². The van der Waals surface area contributed by atoms with E-state index in [1.165, 1.54) is 161 Å². The summed E-state index contributed by atoms with van der Waals surface area (Å²) in [5.74, 6) is -0.889. The fraction of sp³-hybridized carbons (Fsp3) is 0.736. The molecule has 0 aliphatic heterocycles. The van der Waals surface area contributed by atoms with E-state index in [9.17, 15) is 14.4 Å². The first kappa shape index (κ1) is 74.3. The molecule has 0 heterocycles. The highest BCUT2D eigenvalue weighted by atomic mass is 16.6. The van der Waals surface area contributed by atoms with Crippen LogP contribution in [0.2, 0.25) is 0 Å². The molecule has 0 saturated heterocycles. The quantitative estimate of drug-likeness (QED) is 0.0261. The van der Waals surface area contributed by atoms with Crippen LogP contribution in [0.4, 0.5) is 0 Å². The van der Waals surface area contributed by atoms with Crippen molar-refractivity contribution < 1.29 is 28.6 Å². The number of esters is 3. The van der Waals surface area contributed by atoms with Gasteiger partial charge in [0.25, 0.3) is 0 Å². The van der Waals surface area contributed by atoms with E-state index < -0.39 is 6.10 Å². The Kier molecular flexibility index (Phi) is 62.7. The third kappa shape index (κ3) is 63.2. The normalized spacial score (nSPS) is 12.7. The first-order chi connectivity index (χ1) is 38.5. The van der Waals surface area contributed by atoms with Crippen LogP contribution in [0.25, 0.3) is 0 Å². The molecule has 0 radical (unpaired) electrons. The van der Waals surface area contributed by atoms with Crippen LogP contribution in [0.1, 0.15) is 323 Å². The predicted molar refractivity (Wildman–Crippen MR) is 339 cm³/mol. The van der Waals surface area contributed by atoms with E-state index in [1.807, 2.05) is 0 Å². The minimum Gasteiger partial charge on any atom is -0.462 e. The number of ether oxygens (including phenoxy) is 3. The second-order valence-corrected chi connectivity index (χ2v) is 22.0. The maximum Gasteiger partial charge on any atom is 0.306 e. The Labute approximate surface area is 483 Å². The first-order valence-corrected chi connectivity index (χ1v) is 33.2. The number of hydrogen-bond acceptors (Lipinski definition) is 6. The summed E-state index contributed by atoms with van der Waals surface area (Å²) in [5.41, 5.74) is 0. The highest BCUT2D eigenvalue weighted by Gasteiger charge is 2.19. The second-order valence-electron chi connectivity index (χ2n) is 22.0. The van der Waals surface area contributed by atoms with E-state index in [0.29, 0.717) is 19.3 Å². The van der Waals surface area contributed by atoms with Crippen molar-refractivity contribution >= 4 is 17.9 Å². The van der Waals surface area contributed by atoms with E-state index in [1.54, 1.807) is 0 Å². The Bertz CT molecular complexity index is 1530. The molecule has 0 amide bonds. The molecule has 0 fully saturated rings.